The van der Waals surface area contributed by atoms with Gasteiger partial charge in [0.05, 0.1) is 10.9 Å². The van der Waals surface area contributed by atoms with E-state index in [1.807, 2.05) is 20.8 Å². The van der Waals surface area contributed by atoms with Crippen LogP contribution in [0.25, 0.3) is 0 Å². The fourth-order valence-corrected chi connectivity index (χ4v) is 3.22. The molecule has 0 aliphatic heterocycles. The molecule has 0 aromatic carbocycles. The average Bonchev–Trinajstić information content (AvgIpc) is 2.15. The van der Waals surface area contributed by atoms with Crippen molar-refractivity contribution in [2.45, 2.75) is 71.7 Å². The maximum absolute atomic E-state index is 12.1. The van der Waals surface area contributed by atoms with Gasteiger partial charge in [-0.15, -0.1) is 0 Å². The predicted octanol–water partition coefficient (Wildman–Crippen LogP) is 3.93. The molecule has 0 aromatic heterocycles. The minimum Gasteiger partial charge on any atom is -0.286 e. The van der Waals surface area contributed by atoms with E-state index in [2.05, 4.69) is 20.8 Å². The molecule has 0 aromatic rings. The van der Waals surface area contributed by atoms with Gasteiger partial charge in [0.1, 0.15) is 0 Å². The fraction of sp³-hybridized carbons (Fsp3) is 1.00. The molecular formula is C14H28O2S. The average molecular weight is 260 g/mol. The highest BCUT2D eigenvalue weighted by Crippen LogP contribution is 2.36. The summed E-state index contributed by atoms with van der Waals surface area (Å²) >= 11 is -1.19. The summed E-state index contributed by atoms with van der Waals surface area (Å²) in [5.41, 5.74) is 0. The smallest absolute Gasteiger partial charge is 0.161 e. The third-order valence-electron chi connectivity index (χ3n) is 3.67. The van der Waals surface area contributed by atoms with Crippen molar-refractivity contribution in [3.8, 4) is 0 Å². The van der Waals surface area contributed by atoms with Crippen molar-refractivity contribution < 1.29 is 8.39 Å². The van der Waals surface area contributed by atoms with E-state index in [0.717, 1.165) is 6.42 Å². The van der Waals surface area contributed by atoms with Crippen LogP contribution in [0.3, 0.4) is 0 Å². The van der Waals surface area contributed by atoms with Gasteiger partial charge in [-0.2, -0.15) is 0 Å². The molecule has 1 aliphatic carbocycles. The Bertz CT molecular complexity index is 268. The lowest BCUT2D eigenvalue weighted by Crippen LogP contribution is -2.37. The van der Waals surface area contributed by atoms with Crippen LogP contribution in [0.4, 0.5) is 0 Å². The van der Waals surface area contributed by atoms with E-state index in [-0.39, 0.29) is 10.9 Å². The van der Waals surface area contributed by atoms with Crippen molar-refractivity contribution in [3.63, 3.8) is 0 Å². The summed E-state index contributed by atoms with van der Waals surface area (Å²) in [6.45, 7) is 12.7. The van der Waals surface area contributed by atoms with E-state index in [0.29, 0.717) is 17.8 Å². The largest absolute Gasteiger partial charge is 0.286 e. The lowest BCUT2D eigenvalue weighted by atomic mass is 9.75. The van der Waals surface area contributed by atoms with Gasteiger partial charge in [0.25, 0.3) is 0 Å². The molecule has 0 radical (unpaired) electrons. The minimum atomic E-state index is -1.19. The third-order valence-corrected chi connectivity index (χ3v) is 5.09. The van der Waals surface area contributed by atoms with E-state index in [1.165, 1.54) is 12.8 Å². The van der Waals surface area contributed by atoms with Crippen molar-refractivity contribution >= 4 is 11.1 Å². The first-order chi connectivity index (χ1) is 7.71. The second-order valence-electron chi connectivity index (χ2n) is 6.81. The molecule has 1 saturated carbocycles. The zero-order chi connectivity index (χ0) is 13.2. The Kier molecular flexibility index (Phi) is 5.21. The van der Waals surface area contributed by atoms with Crippen molar-refractivity contribution in [2.24, 2.45) is 17.8 Å². The van der Waals surface area contributed by atoms with Crippen molar-refractivity contribution in [1.82, 2.24) is 0 Å². The molecular weight excluding hydrogens is 232 g/mol. The van der Waals surface area contributed by atoms with Crippen molar-refractivity contribution in [3.05, 3.63) is 0 Å². The van der Waals surface area contributed by atoms with Crippen LogP contribution in [0.15, 0.2) is 0 Å². The molecule has 1 rings (SSSR count). The normalized spacial score (nSPS) is 32.8. The van der Waals surface area contributed by atoms with Crippen molar-refractivity contribution in [2.75, 3.05) is 0 Å². The van der Waals surface area contributed by atoms with E-state index >= 15 is 0 Å². The van der Waals surface area contributed by atoms with Crippen LogP contribution in [0.5, 0.6) is 0 Å². The van der Waals surface area contributed by atoms with Crippen LogP contribution >= 0.6 is 0 Å². The minimum absolute atomic E-state index is 0.179. The van der Waals surface area contributed by atoms with Crippen molar-refractivity contribution in [1.29, 1.82) is 0 Å². The highest BCUT2D eigenvalue weighted by Gasteiger charge is 2.35. The molecule has 0 bridgehead atoms. The summed E-state index contributed by atoms with van der Waals surface area (Å²) in [6, 6.07) is 0. The Morgan fingerprint density at radius 1 is 1.24 bits per heavy atom. The summed E-state index contributed by atoms with van der Waals surface area (Å²) in [7, 11) is 0. The highest BCUT2D eigenvalue weighted by atomic mass is 32.2. The van der Waals surface area contributed by atoms with Gasteiger partial charge in [0.2, 0.25) is 0 Å². The molecule has 1 fully saturated rings. The Labute approximate surface area is 109 Å². The molecule has 3 heteroatoms. The van der Waals surface area contributed by atoms with Crippen LogP contribution in [0.1, 0.15) is 60.8 Å². The van der Waals surface area contributed by atoms with Crippen LogP contribution in [-0.4, -0.2) is 15.1 Å². The summed E-state index contributed by atoms with van der Waals surface area (Å²) in [6.07, 6.45) is 3.74. The van der Waals surface area contributed by atoms with Gasteiger partial charge in [0, 0.05) is 0 Å². The molecule has 0 N–H and O–H groups in total. The van der Waals surface area contributed by atoms with Crippen LogP contribution in [0, 0.1) is 17.8 Å². The zero-order valence-corrected chi connectivity index (χ0v) is 13.0. The first kappa shape index (κ1) is 15.2. The van der Waals surface area contributed by atoms with E-state index in [4.69, 9.17) is 4.18 Å². The van der Waals surface area contributed by atoms with Gasteiger partial charge in [-0.3, -0.25) is 4.18 Å². The van der Waals surface area contributed by atoms with Gasteiger partial charge in [-0.1, -0.05) is 27.2 Å². The monoisotopic (exact) mass is 260 g/mol. The number of rotatable bonds is 3. The van der Waals surface area contributed by atoms with E-state index < -0.39 is 11.1 Å². The molecule has 102 valence electrons. The van der Waals surface area contributed by atoms with Gasteiger partial charge in [0.15, 0.2) is 11.1 Å². The van der Waals surface area contributed by atoms with Gasteiger partial charge in [-0.05, 0) is 51.4 Å². The number of hydrogen-bond donors (Lipinski definition) is 0. The second-order valence-corrected chi connectivity index (χ2v) is 8.69. The lowest BCUT2D eigenvalue weighted by Gasteiger charge is -2.37. The molecule has 0 heterocycles. The summed E-state index contributed by atoms with van der Waals surface area (Å²) in [4.78, 5) is 0. The maximum atomic E-state index is 12.1. The van der Waals surface area contributed by atoms with Gasteiger partial charge < -0.3 is 0 Å². The SMILES string of the molecule is CC1CCC(C(C)C)C(OS(=O)C(C)(C)C)C1. The van der Waals surface area contributed by atoms with Gasteiger partial charge >= 0.3 is 0 Å². The Morgan fingerprint density at radius 2 is 1.82 bits per heavy atom. The Balaban J connectivity index is 2.67. The molecule has 0 amide bonds. The first-order valence-corrected chi connectivity index (χ1v) is 7.88. The topological polar surface area (TPSA) is 26.3 Å². The summed E-state index contributed by atoms with van der Waals surface area (Å²) < 4.78 is 17.7. The molecule has 0 saturated heterocycles. The van der Waals surface area contributed by atoms with E-state index in [1.54, 1.807) is 0 Å². The van der Waals surface area contributed by atoms with Crippen LogP contribution in [-0.2, 0) is 15.3 Å². The molecule has 4 atom stereocenters. The maximum Gasteiger partial charge on any atom is 0.161 e. The van der Waals surface area contributed by atoms with Gasteiger partial charge in [-0.25, -0.2) is 4.21 Å². The van der Waals surface area contributed by atoms with Crippen LogP contribution < -0.4 is 0 Å². The summed E-state index contributed by atoms with van der Waals surface area (Å²) in [5, 5.41) is 0. The fourth-order valence-electron chi connectivity index (χ4n) is 2.48. The first-order valence-electron chi connectivity index (χ1n) is 6.80. The van der Waals surface area contributed by atoms with Crippen LogP contribution in [0.2, 0.25) is 0 Å². The standard InChI is InChI=1S/C14H28O2S/c1-10(2)12-8-7-11(3)9-13(12)16-17(15)14(4,5)6/h10-13H,7-9H2,1-6H3. The lowest BCUT2D eigenvalue weighted by molar-refractivity contribution is 0.0549. The zero-order valence-electron chi connectivity index (χ0n) is 12.2. The molecule has 4 unspecified atom stereocenters. The Morgan fingerprint density at radius 3 is 2.29 bits per heavy atom. The molecule has 0 spiro atoms. The second kappa shape index (κ2) is 5.83. The van der Waals surface area contributed by atoms with E-state index in [9.17, 15) is 4.21 Å². The predicted molar refractivity (Wildman–Crippen MR) is 74.1 cm³/mol. The molecule has 17 heavy (non-hydrogen) atoms. The summed E-state index contributed by atoms with van der Waals surface area (Å²) in [5.74, 6) is 1.88. The molecule has 2 nitrogen and oxygen atoms in total. The number of hydrogen-bond acceptors (Lipinski definition) is 2. The Hall–Kier alpha value is 0.110. The molecule has 1 aliphatic rings. The quantitative estimate of drug-likeness (QED) is 0.768. The highest BCUT2D eigenvalue weighted by molar-refractivity contribution is 7.81. The third kappa shape index (κ3) is 4.36.